The highest BCUT2D eigenvalue weighted by Crippen LogP contribution is 2.24. The minimum Gasteiger partial charge on any atom is -0.378 e. The van der Waals surface area contributed by atoms with Crippen molar-refractivity contribution >= 4 is 22.6 Å². The number of benzene rings is 3. The standard InChI is InChI=1S/C26H26N4O2/c1-28(18-21-6-2-4-8-24(21)29-14-16-32-17-15-29)26(31)20-10-12-22(13-11-20)30-19-27-23-7-3-5-9-25(23)30/h2-13,19H,14-18H2,1H3. The number of hydrogen-bond donors (Lipinski definition) is 0. The summed E-state index contributed by atoms with van der Waals surface area (Å²) in [5.41, 5.74) is 5.97. The Bertz CT molecular complexity index is 1230. The Morgan fingerprint density at radius 1 is 0.969 bits per heavy atom. The van der Waals surface area contributed by atoms with Gasteiger partial charge in [-0.25, -0.2) is 4.98 Å². The highest BCUT2D eigenvalue weighted by molar-refractivity contribution is 5.94. The highest BCUT2D eigenvalue weighted by Gasteiger charge is 2.18. The van der Waals surface area contributed by atoms with Crippen LogP contribution in [0.1, 0.15) is 15.9 Å². The second kappa shape index (κ2) is 8.85. The van der Waals surface area contributed by atoms with Crippen molar-refractivity contribution in [2.24, 2.45) is 0 Å². The first-order valence-electron chi connectivity index (χ1n) is 10.9. The molecule has 0 N–H and O–H groups in total. The summed E-state index contributed by atoms with van der Waals surface area (Å²) in [5, 5.41) is 0. The van der Waals surface area contributed by atoms with E-state index in [9.17, 15) is 4.79 Å². The number of para-hydroxylation sites is 3. The lowest BCUT2D eigenvalue weighted by Crippen LogP contribution is -2.37. The summed E-state index contributed by atoms with van der Waals surface area (Å²) in [5.74, 6) is 0.00354. The molecule has 5 rings (SSSR count). The van der Waals surface area contributed by atoms with Crippen molar-refractivity contribution < 1.29 is 9.53 Å². The molecule has 0 spiro atoms. The molecule has 0 radical (unpaired) electrons. The van der Waals surface area contributed by atoms with Crippen LogP contribution >= 0.6 is 0 Å². The Morgan fingerprint density at radius 2 is 1.69 bits per heavy atom. The van der Waals surface area contributed by atoms with Gasteiger partial charge in [0.2, 0.25) is 0 Å². The van der Waals surface area contributed by atoms with Gasteiger partial charge in [0.15, 0.2) is 0 Å². The van der Waals surface area contributed by atoms with Crippen molar-refractivity contribution in [3.05, 3.63) is 90.3 Å². The summed E-state index contributed by atoms with van der Waals surface area (Å²) >= 11 is 0. The minimum atomic E-state index is 0.00354. The predicted octanol–water partition coefficient (Wildman–Crippen LogP) is 4.13. The molecular weight excluding hydrogens is 400 g/mol. The topological polar surface area (TPSA) is 50.6 Å². The second-order valence-corrected chi connectivity index (χ2v) is 8.04. The number of anilines is 1. The third kappa shape index (κ3) is 3.97. The van der Waals surface area contributed by atoms with Gasteiger partial charge in [-0.1, -0.05) is 30.3 Å². The Labute approximate surface area is 187 Å². The summed E-state index contributed by atoms with van der Waals surface area (Å²) in [6, 6.07) is 24.0. The fourth-order valence-electron chi connectivity index (χ4n) is 4.23. The van der Waals surface area contributed by atoms with E-state index in [4.69, 9.17) is 4.74 Å². The van der Waals surface area contributed by atoms with Gasteiger partial charge in [-0.2, -0.15) is 0 Å². The van der Waals surface area contributed by atoms with Gasteiger partial charge in [-0.05, 0) is 48.0 Å². The number of amides is 1. The average Bonchev–Trinajstić information content (AvgIpc) is 3.29. The molecule has 162 valence electrons. The second-order valence-electron chi connectivity index (χ2n) is 8.04. The normalized spacial score (nSPS) is 14.0. The Hall–Kier alpha value is -3.64. The zero-order chi connectivity index (χ0) is 21.9. The van der Waals surface area contributed by atoms with Crippen molar-refractivity contribution in [1.29, 1.82) is 0 Å². The molecule has 0 aliphatic carbocycles. The van der Waals surface area contributed by atoms with E-state index in [-0.39, 0.29) is 5.91 Å². The molecule has 1 aliphatic rings. The molecule has 1 aromatic heterocycles. The molecule has 32 heavy (non-hydrogen) atoms. The number of carbonyl (C=O) groups excluding carboxylic acids is 1. The van der Waals surface area contributed by atoms with Crippen LogP contribution in [0.5, 0.6) is 0 Å². The molecule has 0 unspecified atom stereocenters. The van der Waals surface area contributed by atoms with Crippen LogP contribution in [-0.4, -0.2) is 53.7 Å². The lowest BCUT2D eigenvalue weighted by molar-refractivity contribution is 0.0785. The third-order valence-corrected chi connectivity index (χ3v) is 5.94. The summed E-state index contributed by atoms with van der Waals surface area (Å²) in [4.78, 5) is 21.7. The van der Waals surface area contributed by atoms with E-state index in [2.05, 4.69) is 28.1 Å². The molecule has 4 aromatic rings. The lowest BCUT2D eigenvalue weighted by Gasteiger charge is -2.31. The maximum atomic E-state index is 13.1. The molecule has 1 fully saturated rings. The zero-order valence-electron chi connectivity index (χ0n) is 18.1. The summed E-state index contributed by atoms with van der Waals surface area (Å²) in [6.45, 7) is 3.78. The van der Waals surface area contributed by atoms with Crippen molar-refractivity contribution in [1.82, 2.24) is 14.5 Å². The number of imidazole rings is 1. The number of carbonyl (C=O) groups is 1. The predicted molar refractivity (Wildman–Crippen MR) is 126 cm³/mol. The summed E-state index contributed by atoms with van der Waals surface area (Å²) < 4.78 is 7.52. The lowest BCUT2D eigenvalue weighted by atomic mass is 10.1. The van der Waals surface area contributed by atoms with Gasteiger partial charge >= 0.3 is 0 Å². The van der Waals surface area contributed by atoms with Crippen molar-refractivity contribution in [3.8, 4) is 5.69 Å². The van der Waals surface area contributed by atoms with Crippen LogP contribution in [0.4, 0.5) is 5.69 Å². The van der Waals surface area contributed by atoms with Crippen LogP contribution in [0.25, 0.3) is 16.7 Å². The first-order chi connectivity index (χ1) is 15.7. The number of morpholine rings is 1. The Balaban J connectivity index is 1.33. The monoisotopic (exact) mass is 426 g/mol. The van der Waals surface area contributed by atoms with E-state index in [0.717, 1.165) is 48.6 Å². The van der Waals surface area contributed by atoms with Crippen LogP contribution in [0.2, 0.25) is 0 Å². The molecule has 0 bridgehead atoms. The van der Waals surface area contributed by atoms with Crippen LogP contribution < -0.4 is 4.90 Å². The van der Waals surface area contributed by atoms with Crippen LogP contribution in [0, 0.1) is 0 Å². The van der Waals surface area contributed by atoms with Gasteiger partial charge < -0.3 is 14.5 Å². The Morgan fingerprint density at radius 3 is 2.50 bits per heavy atom. The van der Waals surface area contributed by atoms with E-state index in [1.54, 1.807) is 4.90 Å². The largest absolute Gasteiger partial charge is 0.378 e. The molecule has 0 atom stereocenters. The van der Waals surface area contributed by atoms with E-state index in [0.29, 0.717) is 12.1 Å². The number of hydrogen-bond acceptors (Lipinski definition) is 4. The average molecular weight is 427 g/mol. The van der Waals surface area contributed by atoms with Gasteiger partial charge in [-0.15, -0.1) is 0 Å². The molecule has 1 saturated heterocycles. The van der Waals surface area contributed by atoms with E-state index >= 15 is 0 Å². The number of rotatable bonds is 5. The van der Waals surface area contributed by atoms with Crippen molar-refractivity contribution in [3.63, 3.8) is 0 Å². The van der Waals surface area contributed by atoms with Crippen LogP contribution in [0.3, 0.4) is 0 Å². The summed E-state index contributed by atoms with van der Waals surface area (Å²) in [7, 11) is 1.86. The smallest absolute Gasteiger partial charge is 0.253 e. The quantitative estimate of drug-likeness (QED) is 0.481. The molecule has 1 amide bonds. The van der Waals surface area contributed by atoms with Crippen molar-refractivity contribution in [2.75, 3.05) is 38.3 Å². The maximum Gasteiger partial charge on any atom is 0.253 e. The third-order valence-electron chi connectivity index (χ3n) is 5.94. The molecule has 1 aliphatic heterocycles. The fourth-order valence-corrected chi connectivity index (χ4v) is 4.23. The molecule has 0 saturated carbocycles. The Kier molecular flexibility index (Phi) is 5.60. The number of aromatic nitrogens is 2. The van der Waals surface area contributed by atoms with Crippen LogP contribution in [0.15, 0.2) is 79.1 Å². The SMILES string of the molecule is CN(Cc1ccccc1N1CCOCC1)C(=O)c1ccc(-n2cnc3ccccc32)cc1. The highest BCUT2D eigenvalue weighted by atomic mass is 16.5. The molecule has 6 heteroatoms. The van der Waals surface area contributed by atoms with E-state index in [1.807, 2.05) is 72.5 Å². The number of fused-ring (bicyclic) bond motifs is 1. The van der Waals surface area contributed by atoms with Crippen LogP contribution in [-0.2, 0) is 11.3 Å². The van der Waals surface area contributed by atoms with Gasteiger partial charge in [0, 0.05) is 43.6 Å². The first-order valence-corrected chi connectivity index (χ1v) is 10.9. The molecular formula is C26H26N4O2. The zero-order valence-corrected chi connectivity index (χ0v) is 18.1. The van der Waals surface area contributed by atoms with Crippen molar-refractivity contribution in [2.45, 2.75) is 6.54 Å². The fraction of sp³-hybridized carbons (Fsp3) is 0.231. The number of ether oxygens (including phenoxy) is 1. The number of nitrogens with zero attached hydrogens (tertiary/aromatic N) is 4. The summed E-state index contributed by atoms with van der Waals surface area (Å²) in [6.07, 6.45) is 1.82. The van der Waals surface area contributed by atoms with E-state index < -0.39 is 0 Å². The minimum absolute atomic E-state index is 0.00354. The maximum absolute atomic E-state index is 13.1. The van der Waals surface area contributed by atoms with Gasteiger partial charge in [0.05, 0.1) is 24.2 Å². The van der Waals surface area contributed by atoms with Gasteiger partial charge in [-0.3, -0.25) is 9.36 Å². The van der Waals surface area contributed by atoms with Gasteiger partial charge in [0.1, 0.15) is 6.33 Å². The molecule has 3 aromatic carbocycles. The molecule has 6 nitrogen and oxygen atoms in total. The van der Waals surface area contributed by atoms with Gasteiger partial charge in [0.25, 0.3) is 5.91 Å². The van der Waals surface area contributed by atoms with E-state index in [1.165, 1.54) is 5.69 Å². The molecule has 2 heterocycles. The first kappa shape index (κ1) is 20.3.